The topological polar surface area (TPSA) is 73.9 Å². The monoisotopic (exact) mass is 284 g/mol. The molecule has 2 aromatic heterocycles. The molecule has 0 amide bonds. The lowest BCUT2D eigenvalue weighted by molar-refractivity contribution is -0.138. The summed E-state index contributed by atoms with van der Waals surface area (Å²) in [5.41, 5.74) is 5.03. The molecule has 0 aliphatic carbocycles. The fourth-order valence-electron chi connectivity index (χ4n) is 1.68. The average molecular weight is 284 g/mol. The molecule has 0 bridgehead atoms. The van der Waals surface area contributed by atoms with E-state index in [1.807, 2.05) is 0 Å². The Hall–Kier alpha value is -2.22. The van der Waals surface area contributed by atoms with Gasteiger partial charge in [0.1, 0.15) is 0 Å². The van der Waals surface area contributed by atoms with Crippen molar-refractivity contribution in [2.24, 2.45) is 5.73 Å². The Labute approximate surface area is 112 Å². The number of pyridine rings is 1. The number of ether oxygens (including phenoxy) is 1. The normalized spacial score (nSPS) is 13.1. The number of methoxy groups -OCH3 is 1. The number of alkyl halides is 3. The van der Waals surface area contributed by atoms with Crippen LogP contribution in [0.25, 0.3) is 0 Å². The Morgan fingerprint density at radius 2 is 1.95 bits per heavy atom. The third kappa shape index (κ3) is 2.85. The van der Waals surface area contributed by atoms with E-state index in [2.05, 4.69) is 15.2 Å². The maximum Gasteiger partial charge on any atom is 0.416 e. The van der Waals surface area contributed by atoms with E-state index in [1.165, 1.54) is 19.2 Å². The van der Waals surface area contributed by atoms with Crippen LogP contribution >= 0.6 is 0 Å². The van der Waals surface area contributed by atoms with Crippen molar-refractivity contribution < 1.29 is 17.9 Å². The molecular weight excluding hydrogens is 273 g/mol. The Morgan fingerprint density at radius 1 is 1.20 bits per heavy atom. The first-order valence-corrected chi connectivity index (χ1v) is 5.57. The SMILES string of the molecule is COc1ccc(C(N)c2cnccc2C(F)(F)F)nn1. The van der Waals surface area contributed by atoms with Gasteiger partial charge in [-0.1, -0.05) is 0 Å². The van der Waals surface area contributed by atoms with Crippen LogP contribution in [0.5, 0.6) is 5.88 Å². The first-order valence-electron chi connectivity index (χ1n) is 5.57. The zero-order valence-corrected chi connectivity index (χ0v) is 10.4. The van der Waals surface area contributed by atoms with Crippen LogP contribution in [0.1, 0.15) is 22.9 Å². The van der Waals surface area contributed by atoms with Gasteiger partial charge in [0.15, 0.2) is 0 Å². The summed E-state index contributed by atoms with van der Waals surface area (Å²) in [4.78, 5) is 3.69. The highest BCUT2D eigenvalue weighted by molar-refractivity contribution is 5.34. The summed E-state index contributed by atoms with van der Waals surface area (Å²) >= 11 is 0. The van der Waals surface area contributed by atoms with Crippen LogP contribution in [-0.2, 0) is 6.18 Å². The molecule has 0 aromatic carbocycles. The van der Waals surface area contributed by atoms with E-state index in [0.717, 1.165) is 18.5 Å². The van der Waals surface area contributed by atoms with Crippen molar-refractivity contribution in [1.29, 1.82) is 0 Å². The first kappa shape index (κ1) is 14.2. The quantitative estimate of drug-likeness (QED) is 0.932. The van der Waals surface area contributed by atoms with Gasteiger partial charge in [0, 0.05) is 24.0 Å². The highest BCUT2D eigenvalue weighted by Crippen LogP contribution is 2.34. The van der Waals surface area contributed by atoms with Crippen molar-refractivity contribution in [1.82, 2.24) is 15.2 Å². The van der Waals surface area contributed by atoms with Crippen molar-refractivity contribution in [3.8, 4) is 5.88 Å². The number of halogens is 3. The minimum Gasteiger partial charge on any atom is -0.480 e. The third-order valence-electron chi connectivity index (χ3n) is 2.68. The number of hydrogen-bond acceptors (Lipinski definition) is 5. The predicted octanol–water partition coefficient (Wildman–Crippen LogP) is 1.95. The van der Waals surface area contributed by atoms with Gasteiger partial charge in [0.25, 0.3) is 0 Å². The molecule has 2 N–H and O–H groups in total. The summed E-state index contributed by atoms with van der Waals surface area (Å²) in [6, 6.07) is 2.75. The molecule has 0 aliphatic rings. The number of rotatable bonds is 3. The molecule has 0 spiro atoms. The molecule has 2 rings (SSSR count). The number of aromatic nitrogens is 3. The summed E-state index contributed by atoms with van der Waals surface area (Å²) in [6.45, 7) is 0. The molecule has 0 saturated carbocycles. The van der Waals surface area contributed by atoms with Crippen LogP contribution in [0.2, 0.25) is 0 Å². The van der Waals surface area contributed by atoms with Crippen molar-refractivity contribution in [2.75, 3.05) is 7.11 Å². The molecule has 1 unspecified atom stereocenters. The van der Waals surface area contributed by atoms with E-state index >= 15 is 0 Å². The molecule has 0 radical (unpaired) electrons. The third-order valence-corrected chi connectivity index (χ3v) is 2.68. The molecule has 20 heavy (non-hydrogen) atoms. The maximum absolute atomic E-state index is 12.9. The van der Waals surface area contributed by atoms with Gasteiger partial charge in [-0.25, -0.2) is 0 Å². The highest BCUT2D eigenvalue weighted by Gasteiger charge is 2.35. The molecule has 8 heteroatoms. The molecule has 1 atom stereocenters. The van der Waals surface area contributed by atoms with Crippen molar-refractivity contribution in [3.05, 3.63) is 47.4 Å². The van der Waals surface area contributed by atoms with Crippen LogP contribution in [0, 0.1) is 0 Å². The fraction of sp³-hybridized carbons (Fsp3) is 0.250. The first-order chi connectivity index (χ1) is 9.43. The molecule has 2 heterocycles. The molecule has 2 aromatic rings. The van der Waals surface area contributed by atoms with E-state index in [1.54, 1.807) is 0 Å². The zero-order chi connectivity index (χ0) is 14.8. The van der Waals surface area contributed by atoms with E-state index in [4.69, 9.17) is 10.5 Å². The largest absolute Gasteiger partial charge is 0.480 e. The highest BCUT2D eigenvalue weighted by atomic mass is 19.4. The number of nitrogens with zero attached hydrogens (tertiary/aromatic N) is 3. The molecule has 0 aliphatic heterocycles. The Kier molecular flexibility index (Phi) is 3.84. The van der Waals surface area contributed by atoms with Crippen LogP contribution in [-0.4, -0.2) is 22.3 Å². The lowest BCUT2D eigenvalue weighted by atomic mass is 10.0. The van der Waals surface area contributed by atoms with E-state index in [-0.39, 0.29) is 17.1 Å². The Morgan fingerprint density at radius 3 is 2.50 bits per heavy atom. The fourth-order valence-corrected chi connectivity index (χ4v) is 1.68. The van der Waals surface area contributed by atoms with Crippen molar-refractivity contribution in [3.63, 3.8) is 0 Å². The lowest BCUT2D eigenvalue weighted by Gasteiger charge is -2.17. The molecule has 106 valence electrons. The predicted molar refractivity (Wildman–Crippen MR) is 63.9 cm³/mol. The van der Waals surface area contributed by atoms with E-state index < -0.39 is 17.8 Å². The van der Waals surface area contributed by atoms with Gasteiger partial charge in [0.05, 0.1) is 24.4 Å². The van der Waals surface area contributed by atoms with Crippen molar-refractivity contribution in [2.45, 2.75) is 12.2 Å². The Balaban J connectivity index is 2.40. The van der Waals surface area contributed by atoms with E-state index in [9.17, 15) is 13.2 Å². The molecule has 0 fully saturated rings. The summed E-state index contributed by atoms with van der Waals surface area (Å²) in [7, 11) is 1.41. The van der Waals surface area contributed by atoms with Gasteiger partial charge in [-0.2, -0.15) is 13.2 Å². The molecule has 0 saturated heterocycles. The maximum atomic E-state index is 12.9. The second-order valence-electron chi connectivity index (χ2n) is 3.94. The van der Waals surface area contributed by atoms with Crippen LogP contribution in [0.15, 0.2) is 30.6 Å². The second-order valence-corrected chi connectivity index (χ2v) is 3.94. The summed E-state index contributed by atoms with van der Waals surface area (Å²) < 4.78 is 43.5. The summed E-state index contributed by atoms with van der Waals surface area (Å²) in [6.07, 6.45) is -2.35. The molecule has 5 nitrogen and oxygen atoms in total. The van der Waals surface area contributed by atoms with Crippen molar-refractivity contribution >= 4 is 0 Å². The van der Waals surface area contributed by atoms with Gasteiger partial charge in [-0.15, -0.1) is 10.2 Å². The number of hydrogen-bond donors (Lipinski definition) is 1. The smallest absolute Gasteiger partial charge is 0.416 e. The zero-order valence-electron chi connectivity index (χ0n) is 10.4. The number of nitrogens with two attached hydrogens (primary N) is 1. The van der Waals surface area contributed by atoms with Gasteiger partial charge < -0.3 is 10.5 Å². The van der Waals surface area contributed by atoms with Crippen LogP contribution in [0.4, 0.5) is 13.2 Å². The van der Waals surface area contributed by atoms with Gasteiger partial charge in [-0.3, -0.25) is 4.98 Å². The van der Waals surface area contributed by atoms with Gasteiger partial charge in [0.2, 0.25) is 5.88 Å². The second kappa shape index (κ2) is 5.41. The lowest BCUT2D eigenvalue weighted by Crippen LogP contribution is -2.20. The minimum atomic E-state index is -4.50. The standard InChI is InChI=1S/C12H11F3N4O/c1-20-10-3-2-9(18-19-10)11(16)7-6-17-5-4-8(7)12(13,14)15/h2-6,11H,16H2,1H3. The molecular formula is C12H11F3N4O. The van der Waals surface area contributed by atoms with Gasteiger partial charge in [-0.05, 0) is 12.1 Å². The summed E-state index contributed by atoms with van der Waals surface area (Å²) in [5, 5.41) is 7.44. The van der Waals surface area contributed by atoms with Gasteiger partial charge >= 0.3 is 6.18 Å². The van der Waals surface area contributed by atoms with E-state index in [0.29, 0.717) is 0 Å². The minimum absolute atomic E-state index is 0.153. The summed E-state index contributed by atoms with van der Waals surface area (Å²) in [5.74, 6) is 0.253. The van der Waals surface area contributed by atoms with Crippen LogP contribution in [0.3, 0.4) is 0 Å². The Bertz CT molecular complexity index is 586. The average Bonchev–Trinajstić information content (AvgIpc) is 2.46. The van der Waals surface area contributed by atoms with Crippen LogP contribution < -0.4 is 10.5 Å².